The molecule has 162 valence electrons. The number of carbonyl (C=O) groups is 4. The summed E-state index contributed by atoms with van der Waals surface area (Å²) in [5, 5.41) is 2.72. The van der Waals surface area contributed by atoms with E-state index in [1.165, 1.54) is 11.0 Å². The molecule has 1 heterocycles. The molecular weight excluding hydrogens is 398 g/mol. The Bertz CT molecular complexity index is 961. The lowest BCUT2D eigenvalue weighted by atomic mass is 9.97. The van der Waals surface area contributed by atoms with Crippen molar-refractivity contribution in [2.75, 3.05) is 25.0 Å². The number of nitrogens with zero attached hydrogens (tertiary/aromatic N) is 1. The van der Waals surface area contributed by atoms with Crippen LogP contribution in [0.15, 0.2) is 54.6 Å². The number of anilines is 1. The van der Waals surface area contributed by atoms with E-state index in [2.05, 4.69) is 5.32 Å². The predicted molar refractivity (Wildman–Crippen MR) is 114 cm³/mol. The van der Waals surface area contributed by atoms with Crippen molar-refractivity contribution in [2.45, 2.75) is 19.3 Å². The number of nitrogens with two attached hydrogens (primary N) is 1. The Morgan fingerprint density at radius 1 is 1.03 bits per heavy atom. The van der Waals surface area contributed by atoms with E-state index in [4.69, 9.17) is 10.5 Å². The highest BCUT2D eigenvalue weighted by Crippen LogP contribution is 2.18. The van der Waals surface area contributed by atoms with Gasteiger partial charge < -0.3 is 20.7 Å². The van der Waals surface area contributed by atoms with Gasteiger partial charge in [0.15, 0.2) is 6.61 Å². The first kappa shape index (κ1) is 22.0. The van der Waals surface area contributed by atoms with Gasteiger partial charge in [0.25, 0.3) is 5.91 Å². The van der Waals surface area contributed by atoms with E-state index in [9.17, 15) is 19.2 Å². The van der Waals surface area contributed by atoms with Crippen LogP contribution in [0.25, 0.3) is 0 Å². The minimum atomic E-state index is -0.715. The van der Waals surface area contributed by atoms with Crippen molar-refractivity contribution in [1.29, 1.82) is 0 Å². The number of primary amides is 1. The fourth-order valence-corrected chi connectivity index (χ4v) is 3.48. The summed E-state index contributed by atoms with van der Waals surface area (Å²) in [5.41, 5.74) is 6.65. The van der Waals surface area contributed by atoms with Gasteiger partial charge in [-0.2, -0.15) is 0 Å². The monoisotopic (exact) mass is 423 g/mol. The van der Waals surface area contributed by atoms with Gasteiger partial charge >= 0.3 is 5.97 Å². The number of amides is 3. The lowest BCUT2D eigenvalue weighted by Gasteiger charge is -2.31. The number of para-hydroxylation sites is 1. The number of nitrogens with one attached hydrogen (secondary N) is 1. The second-order valence-electron chi connectivity index (χ2n) is 7.41. The van der Waals surface area contributed by atoms with Crippen LogP contribution in [0.3, 0.4) is 0 Å². The summed E-state index contributed by atoms with van der Waals surface area (Å²) in [4.78, 5) is 50.2. The van der Waals surface area contributed by atoms with Crippen molar-refractivity contribution in [3.8, 4) is 0 Å². The van der Waals surface area contributed by atoms with Gasteiger partial charge in [-0.1, -0.05) is 42.5 Å². The third kappa shape index (κ3) is 6.15. The van der Waals surface area contributed by atoms with Crippen molar-refractivity contribution < 1.29 is 23.9 Å². The molecule has 1 aliphatic rings. The zero-order valence-electron chi connectivity index (χ0n) is 17.1. The van der Waals surface area contributed by atoms with E-state index in [-0.39, 0.29) is 36.3 Å². The summed E-state index contributed by atoms with van der Waals surface area (Å²) in [7, 11) is 0. The van der Waals surface area contributed by atoms with Crippen molar-refractivity contribution >= 4 is 29.4 Å². The minimum absolute atomic E-state index is 0.158. The standard InChI is InChI=1S/C23H25N3O5/c24-22(29)17-9-6-12-26(14-17)21(28)15-31-23(30)18-10-4-5-11-19(18)25-20(27)13-16-7-2-1-3-8-16/h1-5,7-8,10-11,17H,6,9,12-15H2,(H2,24,29)(H,25,27)/t17-/m0/s1. The number of esters is 1. The molecule has 2 aromatic carbocycles. The second-order valence-corrected chi connectivity index (χ2v) is 7.41. The maximum atomic E-state index is 12.5. The average molecular weight is 423 g/mol. The first-order valence-corrected chi connectivity index (χ1v) is 10.1. The van der Waals surface area contributed by atoms with Crippen LogP contribution in [-0.2, 0) is 25.5 Å². The summed E-state index contributed by atoms with van der Waals surface area (Å²) < 4.78 is 5.18. The number of benzene rings is 2. The highest BCUT2D eigenvalue weighted by molar-refractivity contribution is 6.02. The first-order valence-electron chi connectivity index (χ1n) is 10.1. The Kier molecular flexibility index (Phi) is 7.37. The normalized spacial score (nSPS) is 15.7. The molecule has 0 bridgehead atoms. The quantitative estimate of drug-likeness (QED) is 0.658. The SMILES string of the molecule is NC(=O)[C@H]1CCCN(C(=O)COC(=O)c2ccccc2NC(=O)Cc2ccccc2)C1. The lowest BCUT2D eigenvalue weighted by molar-refractivity contribution is -0.137. The molecule has 0 aliphatic carbocycles. The highest BCUT2D eigenvalue weighted by Gasteiger charge is 2.27. The van der Waals surface area contributed by atoms with Crippen LogP contribution in [-0.4, -0.2) is 48.3 Å². The summed E-state index contributed by atoms with van der Waals surface area (Å²) in [6.07, 6.45) is 1.48. The average Bonchev–Trinajstić information content (AvgIpc) is 2.78. The molecule has 0 aromatic heterocycles. The van der Waals surface area contributed by atoms with Crippen LogP contribution in [0, 0.1) is 5.92 Å². The Morgan fingerprint density at radius 2 is 1.74 bits per heavy atom. The minimum Gasteiger partial charge on any atom is -0.452 e. The van der Waals surface area contributed by atoms with Crippen LogP contribution in [0.4, 0.5) is 5.69 Å². The van der Waals surface area contributed by atoms with Gasteiger partial charge in [0.05, 0.1) is 23.6 Å². The van der Waals surface area contributed by atoms with Gasteiger partial charge in [0, 0.05) is 13.1 Å². The first-order chi connectivity index (χ1) is 14.9. The maximum absolute atomic E-state index is 12.5. The predicted octanol–water partition coefficient (Wildman–Crippen LogP) is 1.75. The molecule has 0 spiro atoms. The van der Waals surface area contributed by atoms with Gasteiger partial charge in [-0.15, -0.1) is 0 Å². The summed E-state index contributed by atoms with van der Waals surface area (Å²) in [6.45, 7) is 0.279. The molecule has 0 radical (unpaired) electrons. The van der Waals surface area contributed by atoms with Gasteiger partial charge in [-0.3, -0.25) is 14.4 Å². The van der Waals surface area contributed by atoms with Crippen LogP contribution < -0.4 is 11.1 Å². The van der Waals surface area contributed by atoms with E-state index in [1.54, 1.807) is 18.2 Å². The molecule has 1 atom stereocenters. The molecule has 3 N–H and O–H groups in total. The number of rotatable bonds is 7. The smallest absolute Gasteiger partial charge is 0.340 e. The topological polar surface area (TPSA) is 119 Å². The van der Waals surface area contributed by atoms with Gasteiger partial charge in [-0.05, 0) is 30.5 Å². The number of carbonyl (C=O) groups excluding carboxylic acids is 4. The Morgan fingerprint density at radius 3 is 2.48 bits per heavy atom. The number of hydrogen-bond donors (Lipinski definition) is 2. The molecule has 31 heavy (non-hydrogen) atoms. The maximum Gasteiger partial charge on any atom is 0.340 e. The second kappa shape index (κ2) is 10.4. The Balaban J connectivity index is 1.57. The van der Waals surface area contributed by atoms with Crippen molar-refractivity contribution in [3.63, 3.8) is 0 Å². The fraction of sp³-hybridized carbons (Fsp3) is 0.304. The molecule has 1 saturated heterocycles. The zero-order chi connectivity index (χ0) is 22.2. The molecular formula is C23H25N3O5. The molecule has 3 amide bonds. The molecule has 0 saturated carbocycles. The third-order valence-corrected chi connectivity index (χ3v) is 5.13. The fourth-order valence-electron chi connectivity index (χ4n) is 3.48. The number of likely N-dealkylation sites (tertiary alicyclic amines) is 1. The molecule has 0 unspecified atom stereocenters. The van der Waals surface area contributed by atoms with E-state index < -0.39 is 18.5 Å². The van der Waals surface area contributed by atoms with E-state index in [0.717, 1.165) is 5.56 Å². The molecule has 8 heteroatoms. The van der Waals surface area contributed by atoms with Crippen LogP contribution in [0.1, 0.15) is 28.8 Å². The van der Waals surface area contributed by atoms with Gasteiger partial charge in [-0.25, -0.2) is 4.79 Å². The third-order valence-electron chi connectivity index (χ3n) is 5.13. The summed E-state index contributed by atoms with van der Waals surface area (Å²) in [6, 6.07) is 15.7. The van der Waals surface area contributed by atoms with Crippen LogP contribution in [0.2, 0.25) is 0 Å². The van der Waals surface area contributed by atoms with E-state index >= 15 is 0 Å². The molecule has 3 rings (SSSR count). The van der Waals surface area contributed by atoms with E-state index in [1.807, 2.05) is 30.3 Å². The van der Waals surface area contributed by atoms with Crippen LogP contribution >= 0.6 is 0 Å². The summed E-state index contributed by atoms with van der Waals surface area (Å²) >= 11 is 0. The molecule has 1 aliphatic heterocycles. The molecule has 1 fully saturated rings. The highest BCUT2D eigenvalue weighted by atomic mass is 16.5. The van der Waals surface area contributed by atoms with Crippen LogP contribution in [0.5, 0.6) is 0 Å². The zero-order valence-corrected chi connectivity index (χ0v) is 17.1. The molecule has 8 nitrogen and oxygen atoms in total. The number of piperidine rings is 1. The van der Waals surface area contributed by atoms with Gasteiger partial charge in [0.1, 0.15) is 0 Å². The summed E-state index contributed by atoms with van der Waals surface area (Å²) in [5.74, 6) is -2.19. The van der Waals surface area contributed by atoms with E-state index in [0.29, 0.717) is 25.1 Å². The number of hydrogen-bond acceptors (Lipinski definition) is 5. The Labute approximate surface area is 180 Å². The van der Waals surface area contributed by atoms with Crippen molar-refractivity contribution in [2.24, 2.45) is 11.7 Å². The largest absolute Gasteiger partial charge is 0.452 e. The van der Waals surface area contributed by atoms with Crippen molar-refractivity contribution in [1.82, 2.24) is 4.90 Å². The van der Waals surface area contributed by atoms with Crippen molar-refractivity contribution in [3.05, 3.63) is 65.7 Å². The molecule has 2 aromatic rings. The Hall–Kier alpha value is -3.68. The number of ether oxygens (including phenoxy) is 1. The lowest BCUT2D eigenvalue weighted by Crippen LogP contribution is -2.45. The van der Waals surface area contributed by atoms with Gasteiger partial charge in [0.2, 0.25) is 11.8 Å².